The molecule has 17 heteroatoms. The third-order valence-corrected chi connectivity index (χ3v) is 18.0. The normalized spacial score (nSPS) is 21.6. The zero-order valence-electron chi connectivity index (χ0n) is 42.8. The molecule has 2 aliphatic heterocycles. The number of rotatable bonds is 15. The standard InChI is InChI=1S/C58H66N8O8S/c1-38(2)47-9-4-5-10-48(47)52-37-63(36-42-8-6-7-40-18-28-73-54(40)42)26-27-65(52)44-32-58(33-44)21-24-64(25-22-58)43-11-13-49(53(30-43)74-45-29-41-17-23-59-55(41)61-35-45)56(67)62-75(71,72)46-12-14-50(51(31-46)66(69)70)60-34-39-15-19-57(3,68)20-16-39/h4-14,17-18,23,28-31,35,38-39,44,52,60,68H,15-16,19-22,24-27,32-34,36-37H2,1-3H3,(H,59,61)(H,62,67). The lowest BCUT2D eigenvalue weighted by Gasteiger charge is -2.58. The van der Waals surface area contributed by atoms with Crippen LogP contribution < -0.4 is 19.7 Å². The lowest BCUT2D eigenvalue weighted by molar-refractivity contribution is -0.384. The van der Waals surface area contributed by atoms with Crippen LogP contribution in [0.5, 0.6) is 11.5 Å². The van der Waals surface area contributed by atoms with Gasteiger partial charge in [-0.15, -0.1) is 0 Å². The zero-order valence-corrected chi connectivity index (χ0v) is 43.7. The van der Waals surface area contributed by atoms with Crippen molar-refractivity contribution in [3.63, 3.8) is 0 Å². The van der Waals surface area contributed by atoms with E-state index >= 15 is 0 Å². The quantitative estimate of drug-likeness (QED) is 0.0559. The molecule has 0 radical (unpaired) electrons. The van der Waals surface area contributed by atoms with Crippen molar-refractivity contribution >= 4 is 55.0 Å². The fraction of sp³-hybridized carbons (Fsp3) is 0.414. The Morgan fingerprint density at radius 1 is 0.947 bits per heavy atom. The number of carbonyl (C=O) groups is 1. The zero-order chi connectivity index (χ0) is 52.1. The Labute approximate surface area is 437 Å². The Morgan fingerprint density at radius 3 is 2.53 bits per heavy atom. The molecule has 2 aliphatic carbocycles. The van der Waals surface area contributed by atoms with Crippen LogP contribution in [0.2, 0.25) is 0 Å². The second-order valence-electron chi connectivity index (χ2n) is 22.1. The fourth-order valence-electron chi connectivity index (χ4n) is 12.3. The van der Waals surface area contributed by atoms with Gasteiger partial charge >= 0.3 is 0 Å². The van der Waals surface area contributed by atoms with Crippen molar-refractivity contribution in [2.75, 3.05) is 49.5 Å². The maximum atomic E-state index is 14.1. The molecule has 4 N–H and O–H groups in total. The molecule has 2 saturated carbocycles. The molecule has 4 aliphatic rings. The number of amides is 1. The van der Waals surface area contributed by atoms with Crippen molar-refractivity contribution in [1.29, 1.82) is 0 Å². The average molecular weight is 1040 g/mol. The molecule has 2 saturated heterocycles. The molecular formula is C58H66N8O8S. The first-order valence-electron chi connectivity index (χ1n) is 26.4. The summed E-state index contributed by atoms with van der Waals surface area (Å²) in [6.45, 7) is 12.2. The van der Waals surface area contributed by atoms with E-state index in [4.69, 9.17) is 9.15 Å². The van der Waals surface area contributed by atoms with E-state index in [1.54, 1.807) is 36.9 Å². The number of piperazine rings is 1. The first kappa shape index (κ1) is 50.4. The molecule has 1 spiro atoms. The predicted octanol–water partition coefficient (Wildman–Crippen LogP) is 10.9. The first-order chi connectivity index (χ1) is 36.1. The van der Waals surface area contributed by atoms with Crippen LogP contribution in [0.15, 0.2) is 125 Å². The van der Waals surface area contributed by atoms with Crippen LogP contribution in [0.4, 0.5) is 17.1 Å². The fourth-order valence-corrected chi connectivity index (χ4v) is 13.3. The number of nitrogens with one attached hydrogen (secondary N) is 3. The monoisotopic (exact) mass is 1030 g/mol. The molecule has 4 aromatic carbocycles. The molecule has 1 amide bonds. The number of carbonyl (C=O) groups excluding carboxylic acids is 1. The number of aromatic nitrogens is 2. The van der Waals surface area contributed by atoms with E-state index in [1.807, 2.05) is 25.1 Å². The lowest BCUT2D eigenvalue weighted by Crippen LogP contribution is -2.60. The van der Waals surface area contributed by atoms with E-state index in [9.17, 15) is 28.4 Å². The predicted molar refractivity (Wildman–Crippen MR) is 290 cm³/mol. The van der Waals surface area contributed by atoms with Gasteiger partial charge in [0.1, 0.15) is 28.4 Å². The summed E-state index contributed by atoms with van der Waals surface area (Å²) in [4.78, 5) is 40.6. The number of H-pyrrole nitrogens is 1. The molecule has 75 heavy (non-hydrogen) atoms. The smallest absolute Gasteiger partial charge is 0.293 e. The number of benzene rings is 4. The van der Waals surface area contributed by atoms with Gasteiger partial charge in [0.25, 0.3) is 21.6 Å². The minimum absolute atomic E-state index is 0.0298. The van der Waals surface area contributed by atoms with E-state index in [0.29, 0.717) is 42.7 Å². The van der Waals surface area contributed by atoms with E-state index in [1.165, 1.54) is 28.8 Å². The second-order valence-corrected chi connectivity index (χ2v) is 23.8. The molecule has 7 aromatic rings. The van der Waals surface area contributed by atoms with Gasteiger partial charge in [-0.25, -0.2) is 18.1 Å². The van der Waals surface area contributed by atoms with Crippen LogP contribution in [-0.4, -0.2) is 95.0 Å². The molecule has 5 heterocycles. The number of nitro benzene ring substituents is 1. The number of nitro groups is 1. The number of hydrogen-bond donors (Lipinski definition) is 4. The maximum Gasteiger partial charge on any atom is 0.293 e. The SMILES string of the molecule is CC(C)c1ccccc1C1CN(Cc2cccc3ccoc23)CCN1C1CC2(CCN(c3ccc(C(=O)NS(=O)(=O)c4ccc(NCC5CCC(C)(O)CC5)c([N+](=O)[O-])c4)c(Oc4cnc5[nH]ccc5c4)c3)CC2)C1. The highest BCUT2D eigenvalue weighted by atomic mass is 32.2. The maximum absolute atomic E-state index is 14.1. The summed E-state index contributed by atoms with van der Waals surface area (Å²) in [5, 5.41) is 27.6. The summed E-state index contributed by atoms with van der Waals surface area (Å²) >= 11 is 0. The summed E-state index contributed by atoms with van der Waals surface area (Å²) in [6, 6.07) is 30.6. The molecule has 0 bridgehead atoms. The van der Waals surface area contributed by atoms with Crippen LogP contribution >= 0.6 is 0 Å². The Balaban J connectivity index is 0.783. The highest BCUT2D eigenvalue weighted by Crippen LogP contribution is 2.53. The number of para-hydroxylation sites is 1. The number of furan rings is 1. The van der Waals surface area contributed by atoms with Crippen LogP contribution in [0.3, 0.4) is 0 Å². The van der Waals surface area contributed by atoms with Crippen LogP contribution in [0.25, 0.3) is 22.0 Å². The van der Waals surface area contributed by atoms with Gasteiger partial charge in [0, 0.05) is 98.2 Å². The number of piperidine rings is 1. The van der Waals surface area contributed by atoms with Crippen LogP contribution in [0, 0.1) is 21.4 Å². The summed E-state index contributed by atoms with van der Waals surface area (Å²) in [5.74, 6) is 0.156. The molecule has 16 nitrogen and oxygen atoms in total. The van der Waals surface area contributed by atoms with Crippen LogP contribution in [-0.2, 0) is 16.6 Å². The van der Waals surface area contributed by atoms with E-state index in [0.717, 1.165) is 106 Å². The topological polar surface area (TPSA) is 199 Å². The Hall–Kier alpha value is -6.79. The highest BCUT2D eigenvalue weighted by Gasteiger charge is 2.50. The number of aliphatic hydroxyl groups is 1. The molecular weight excluding hydrogens is 969 g/mol. The summed E-state index contributed by atoms with van der Waals surface area (Å²) in [6.07, 6.45) is 12.2. The van der Waals surface area contributed by atoms with E-state index in [2.05, 4.69) is 91.0 Å². The van der Waals surface area contributed by atoms with Crippen molar-refractivity contribution in [2.24, 2.45) is 11.3 Å². The Bertz CT molecular complexity index is 3350. The van der Waals surface area contributed by atoms with Gasteiger partial charge in [-0.05, 0) is 129 Å². The van der Waals surface area contributed by atoms with Gasteiger partial charge in [0.2, 0.25) is 0 Å². The third-order valence-electron chi connectivity index (χ3n) is 16.7. The number of pyridine rings is 1. The average Bonchev–Trinajstić information content (AvgIpc) is 4.09. The Morgan fingerprint density at radius 2 is 1.75 bits per heavy atom. The van der Waals surface area contributed by atoms with Gasteiger partial charge < -0.3 is 29.5 Å². The third kappa shape index (κ3) is 10.6. The van der Waals surface area contributed by atoms with Gasteiger partial charge in [-0.1, -0.05) is 56.3 Å². The van der Waals surface area contributed by atoms with E-state index in [-0.39, 0.29) is 34.4 Å². The first-order valence-corrected chi connectivity index (χ1v) is 27.9. The number of anilines is 2. The number of ether oxygens (including phenoxy) is 1. The molecule has 11 rings (SSSR count). The van der Waals surface area contributed by atoms with Gasteiger partial charge in [0.15, 0.2) is 0 Å². The molecule has 4 fully saturated rings. The molecule has 1 unspecified atom stereocenters. The minimum atomic E-state index is -4.59. The number of fused-ring (bicyclic) bond motifs is 2. The minimum Gasteiger partial charge on any atom is -0.464 e. The number of aromatic amines is 1. The number of sulfonamides is 1. The van der Waals surface area contributed by atoms with Gasteiger partial charge in [-0.2, -0.15) is 0 Å². The largest absolute Gasteiger partial charge is 0.464 e. The van der Waals surface area contributed by atoms with Crippen molar-refractivity contribution in [1.82, 2.24) is 24.5 Å². The van der Waals surface area contributed by atoms with Crippen molar-refractivity contribution in [3.05, 3.63) is 148 Å². The van der Waals surface area contributed by atoms with Crippen molar-refractivity contribution in [2.45, 2.75) is 107 Å². The number of hydrogen-bond acceptors (Lipinski definition) is 13. The van der Waals surface area contributed by atoms with Crippen molar-refractivity contribution in [3.8, 4) is 11.5 Å². The van der Waals surface area contributed by atoms with E-state index < -0.39 is 37.0 Å². The molecule has 392 valence electrons. The van der Waals surface area contributed by atoms with Crippen LogP contribution in [0.1, 0.15) is 111 Å². The highest BCUT2D eigenvalue weighted by molar-refractivity contribution is 7.90. The van der Waals surface area contributed by atoms with Crippen molar-refractivity contribution < 1.29 is 32.4 Å². The van der Waals surface area contributed by atoms with Gasteiger partial charge in [-0.3, -0.25) is 24.7 Å². The molecule has 1 atom stereocenters. The second kappa shape index (κ2) is 20.4. The summed E-state index contributed by atoms with van der Waals surface area (Å²) in [7, 11) is -4.59. The Kier molecular flexibility index (Phi) is 13.7. The van der Waals surface area contributed by atoms with Gasteiger partial charge in [0.05, 0.1) is 33.4 Å². The summed E-state index contributed by atoms with van der Waals surface area (Å²) in [5.41, 5.74) is 5.76. The summed E-state index contributed by atoms with van der Waals surface area (Å²) < 4.78 is 42.2. The lowest BCUT2D eigenvalue weighted by atomic mass is 9.59. The molecule has 3 aromatic heterocycles. The number of nitrogens with zero attached hydrogens (tertiary/aromatic N) is 5.